The molecule has 0 bridgehead atoms. The molecule has 5 rings (SSSR count). The number of hydrogen-bond donors (Lipinski definition) is 2. The number of aliphatic hydroxyl groups excluding tert-OH is 1. The van der Waals surface area contributed by atoms with Gasteiger partial charge in [0.2, 0.25) is 5.91 Å². The summed E-state index contributed by atoms with van der Waals surface area (Å²) in [5.74, 6) is -1.64. The second-order valence-electron chi connectivity index (χ2n) is 9.07. The highest BCUT2D eigenvalue weighted by Crippen LogP contribution is 2.49. The highest BCUT2D eigenvalue weighted by atomic mass is 19.1. The number of benzene rings is 2. The number of rotatable bonds is 4. The number of aromatic nitrogens is 1. The van der Waals surface area contributed by atoms with Crippen LogP contribution in [-0.4, -0.2) is 40.6 Å². The van der Waals surface area contributed by atoms with E-state index in [-0.39, 0.29) is 41.6 Å². The molecule has 1 amide bonds. The van der Waals surface area contributed by atoms with E-state index in [0.717, 1.165) is 24.5 Å². The molecular weight excluding hydrogens is 417 g/mol. The van der Waals surface area contributed by atoms with Crippen LogP contribution in [0.3, 0.4) is 0 Å². The van der Waals surface area contributed by atoms with E-state index in [0.29, 0.717) is 42.6 Å². The van der Waals surface area contributed by atoms with E-state index in [1.54, 1.807) is 12.1 Å². The third-order valence-electron chi connectivity index (χ3n) is 6.98. The molecule has 2 aromatic carbocycles. The minimum atomic E-state index is -0.676. The highest BCUT2D eigenvalue weighted by Gasteiger charge is 2.41. The number of H-pyrrole nitrogens is 1. The quantitative estimate of drug-likeness (QED) is 0.599. The molecule has 1 unspecified atom stereocenters. The van der Waals surface area contributed by atoms with Crippen molar-refractivity contribution in [2.75, 3.05) is 19.7 Å². The van der Waals surface area contributed by atoms with Crippen molar-refractivity contribution in [3.8, 4) is 11.3 Å². The molecule has 2 aliphatic rings. The van der Waals surface area contributed by atoms with Gasteiger partial charge in [-0.2, -0.15) is 0 Å². The minimum Gasteiger partial charge on any atom is -0.396 e. The van der Waals surface area contributed by atoms with Crippen molar-refractivity contribution in [1.29, 1.82) is 0 Å². The predicted molar refractivity (Wildman–Crippen MR) is 115 cm³/mol. The van der Waals surface area contributed by atoms with Crippen LogP contribution >= 0.6 is 0 Å². The van der Waals surface area contributed by atoms with Gasteiger partial charge in [0.05, 0.1) is 11.2 Å². The van der Waals surface area contributed by atoms with Crippen LogP contribution in [0.1, 0.15) is 37.2 Å². The summed E-state index contributed by atoms with van der Waals surface area (Å²) in [4.78, 5) is 17.9. The Morgan fingerprint density at radius 2 is 1.84 bits per heavy atom. The average Bonchev–Trinajstić information content (AvgIpc) is 3.12. The Hall–Kier alpha value is -2.80. The van der Waals surface area contributed by atoms with Crippen LogP contribution in [0.4, 0.5) is 13.2 Å². The summed E-state index contributed by atoms with van der Waals surface area (Å²) in [5.41, 5.74) is 2.32. The average molecular weight is 442 g/mol. The molecule has 1 aromatic heterocycles. The van der Waals surface area contributed by atoms with Crippen LogP contribution in [0.15, 0.2) is 36.4 Å². The topological polar surface area (TPSA) is 56.3 Å². The summed E-state index contributed by atoms with van der Waals surface area (Å²) >= 11 is 0. The van der Waals surface area contributed by atoms with E-state index in [9.17, 15) is 23.1 Å². The van der Waals surface area contributed by atoms with E-state index in [1.807, 2.05) is 4.90 Å². The van der Waals surface area contributed by atoms with Gasteiger partial charge < -0.3 is 15.0 Å². The van der Waals surface area contributed by atoms with Gasteiger partial charge in [-0.1, -0.05) is 0 Å². The standard InChI is InChI=1S/C25H25F3N2O2/c26-18-5-3-15(4-6-18)23-22(20-10-19(27)11-21(28)24(20)29-23)16-8-17(9-16)25(32)30-7-1-2-14(12-30)13-31/h3-6,10-11,14,16-17,29,31H,1-2,7-9,12-13H2. The van der Waals surface area contributed by atoms with Crippen LogP contribution < -0.4 is 0 Å². The van der Waals surface area contributed by atoms with Gasteiger partial charge in [-0.05, 0) is 79.0 Å². The van der Waals surface area contributed by atoms with Gasteiger partial charge >= 0.3 is 0 Å². The molecule has 0 radical (unpaired) electrons. The third kappa shape index (κ3) is 3.68. The van der Waals surface area contributed by atoms with Crippen LogP contribution in [0.25, 0.3) is 22.2 Å². The fourth-order valence-corrected chi connectivity index (χ4v) is 5.24. The Morgan fingerprint density at radius 1 is 1.09 bits per heavy atom. The number of aliphatic hydroxyl groups is 1. The third-order valence-corrected chi connectivity index (χ3v) is 6.98. The van der Waals surface area contributed by atoms with E-state index < -0.39 is 11.6 Å². The number of carbonyl (C=O) groups is 1. The minimum absolute atomic E-state index is 0.0302. The summed E-state index contributed by atoms with van der Waals surface area (Å²) in [6.45, 7) is 1.38. The van der Waals surface area contributed by atoms with Gasteiger partial charge in [0.25, 0.3) is 0 Å². The first-order valence-corrected chi connectivity index (χ1v) is 11.1. The lowest BCUT2D eigenvalue weighted by molar-refractivity contribution is -0.140. The van der Waals surface area contributed by atoms with Crippen molar-refractivity contribution in [2.45, 2.75) is 31.6 Å². The van der Waals surface area contributed by atoms with Crippen molar-refractivity contribution in [1.82, 2.24) is 9.88 Å². The number of carbonyl (C=O) groups excluding carboxylic acids is 1. The molecule has 2 heterocycles. The lowest BCUT2D eigenvalue weighted by Crippen LogP contribution is -2.46. The molecule has 168 valence electrons. The van der Waals surface area contributed by atoms with Crippen molar-refractivity contribution < 1.29 is 23.1 Å². The van der Waals surface area contributed by atoms with Crippen LogP contribution in [0, 0.1) is 29.3 Å². The molecule has 1 saturated carbocycles. The Bertz CT molecular complexity index is 1150. The second kappa shape index (κ2) is 8.28. The molecular formula is C25H25F3N2O2. The lowest BCUT2D eigenvalue weighted by Gasteiger charge is -2.40. The van der Waals surface area contributed by atoms with Crippen LogP contribution in [0.2, 0.25) is 0 Å². The fourth-order valence-electron chi connectivity index (χ4n) is 5.24. The Balaban J connectivity index is 1.45. The van der Waals surface area contributed by atoms with Crippen molar-refractivity contribution in [3.05, 3.63) is 59.4 Å². The second-order valence-corrected chi connectivity index (χ2v) is 9.07. The van der Waals surface area contributed by atoms with Gasteiger partial charge in [0, 0.05) is 37.1 Å². The normalized spacial score (nSPS) is 23.4. The largest absolute Gasteiger partial charge is 0.396 e. The number of aromatic amines is 1. The van der Waals surface area contributed by atoms with Crippen LogP contribution in [-0.2, 0) is 4.79 Å². The first-order chi connectivity index (χ1) is 15.4. The van der Waals surface area contributed by atoms with Crippen LogP contribution in [0.5, 0.6) is 0 Å². The summed E-state index contributed by atoms with van der Waals surface area (Å²) in [5, 5.41) is 9.91. The maximum absolute atomic E-state index is 14.5. The molecule has 2 N–H and O–H groups in total. The molecule has 4 nitrogen and oxygen atoms in total. The zero-order valence-electron chi connectivity index (χ0n) is 17.6. The molecule has 1 atom stereocenters. The maximum atomic E-state index is 14.5. The zero-order chi connectivity index (χ0) is 22.4. The number of halogens is 3. The summed E-state index contributed by atoms with van der Waals surface area (Å²) < 4.78 is 42.0. The SMILES string of the molecule is O=C(C1CC(c2c(-c3ccc(F)cc3)[nH]c3c(F)cc(F)cc23)C1)N1CCCC(CO)C1. The summed E-state index contributed by atoms with van der Waals surface area (Å²) in [6.07, 6.45) is 3.01. The van der Waals surface area contributed by atoms with E-state index in [2.05, 4.69) is 4.98 Å². The molecule has 3 aromatic rings. The molecule has 7 heteroatoms. The number of hydrogen-bond acceptors (Lipinski definition) is 2. The Kier molecular flexibility index (Phi) is 5.45. The van der Waals surface area contributed by atoms with Gasteiger partial charge in [-0.3, -0.25) is 4.79 Å². The number of nitrogens with one attached hydrogen (secondary N) is 1. The number of nitrogens with zero attached hydrogens (tertiary/aromatic N) is 1. The van der Waals surface area contributed by atoms with Crippen molar-refractivity contribution in [3.63, 3.8) is 0 Å². The summed E-state index contributed by atoms with van der Waals surface area (Å²) in [6, 6.07) is 8.07. The number of piperidine rings is 1. The van der Waals surface area contributed by atoms with E-state index in [4.69, 9.17) is 0 Å². The highest BCUT2D eigenvalue weighted by molar-refractivity contribution is 5.92. The molecule has 1 saturated heterocycles. The maximum Gasteiger partial charge on any atom is 0.225 e. The Morgan fingerprint density at radius 3 is 2.56 bits per heavy atom. The zero-order valence-corrected chi connectivity index (χ0v) is 17.6. The Labute approximate surface area is 184 Å². The predicted octanol–water partition coefficient (Wildman–Crippen LogP) is 4.98. The smallest absolute Gasteiger partial charge is 0.225 e. The van der Waals surface area contributed by atoms with Gasteiger partial charge in [0.1, 0.15) is 17.5 Å². The summed E-state index contributed by atoms with van der Waals surface area (Å²) in [7, 11) is 0. The van der Waals surface area contributed by atoms with Crippen molar-refractivity contribution in [2.24, 2.45) is 11.8 Å². The molecule has 32 heavy (non-hydrogen) atoms. The van der Waals surface area contributed by atoms with E-state index >= 15 is 0 Å². The van der Waals surface area contributed by atoms with E-state index in [1.165, 1.54) is 18.2 Å². The first-order valence-electron chi connectivity index (χ1n) is 11.1. The molecule has 1 aliphatic heterocycles. The first kappa shape index (κ1) is 21.1. The molecule has 0 spiro atoms. The molecule has 2 fully saturated rings. The number of likely N-dealkylation sites (tertiary alicyclic amines) is 1. The monoisotopic (exact) mass is 442 g/mol. The number of fused-ring (bicyclic) bond motifs is 1. The fraction of sp³-hybridized carbons (Fsp3) is 0.400. The van der Waals surface area contributed by atoms with Gasteiger partial charge in [0.15, 0.2) is 0 Å². The number of amides is 1. The lowest BCUT2D eigenvalue weighted by atomic mass is 9.69. The van der Waals surface area contributed by atoms with Crippen molar-refractivity contribution >= 4 is 16.8 Å². The molecule has 1 aliphatic carbocycles. The van der Waals surface area contributed by atoms with Gasteiger partial charge in [-0.15, -0.1) is 0 Å². The van der Waals surface area contributed by atoms with Gasteiger partial charge in [-0.25, -0.2) is 13.2 Å².